The Morgan fingerprint density at radius 2 is 1.95 bits per heavy atom. The van der Waals surface area contributed by atoms with Crippen molar-refractivity contribution in [3.05, 3.63) is 35.4 Å². The van der Waals surface area contributed by atoms with Gasteiger partial charge in [-0.15, -0.1) is 0 Å². The van der Waals surface area contributed by atoms with E-state index in [1.165, 1.54) is 25.1 Å². The standard InChI is InChI=1S/C14H14F3NO3/c1-7(12(18)19)21-13(20)10-6-9(10)8-4-2-3-5-11(8)14(15,16)17/h2-5,7,9-10H,6H2,1H3,(H2,18,19)/t7-,9+,10-/m0/s1. The molecule has 2 rings (SSSR count). The zero-order chi connectivity index (χ0) is 15.8. The number of esters is 1. The number of hydrogen-bond donors (Lipinski definition) is 1. The number of alkyl halides is 3. The van der Waals surface area contributed by atoms with Crippen molar-refractivity contribution in [2.45, 2.75) is 31.5 Å². The number of primary amides is 1. The molecule has 1 fully saturated rings. The minimum Gasteiger partial charge on any atom is -0.452 e. The Balaban J connectivity index is 2.11. The number of nitrogens with two attached hydrogens (primary N) is 1. The van der Waals surface area contributed by atoms with Gasteiger partial charge in [-0.25, -0.2) is 0 Å². The summed E-state index contributed by atoms with van der Waals surface area (Å²) in [6, 6.07) is 5.15. The molecule has 0 saturated heterocycles. The highest BCUT2D eigenvalue weighted by molar-refractivity contribution is 5.84. The van der Waals surface area contributed by atoms with Crippen LogP contribution in [0, 0.1) is 5.92 Å². The quantitative estimate of drug-likeness (QED) is 0.867. The maximum absolute atomic E-state index is 12.9. The van der Waals surface area contributed by atoms with Gasteiger partial charge < -0.3 is 10.5 Å². The average Bonchev–Trinajstić information content (AvgIpc) is 3.17. The van der Waals surface area contributed by atoms with E-state index < -0.39 is 41.6 Å². The van der Waals surface area contributed by atoms with E-state index in [4.69, 9.17) is 10.5 Å². The molecule has 0 spiro atoms. The summed E-state index contributed by atoms with van der Waals surface area (Å²) in [5.74, 6) is -2.68. The van der Waals surface area contributed by atoms with Crippen molar-refractivity contribution < 1.29 is 27.5 Å². The molecule has 0 aliphatic heterocycles. The zero-order valence-electron chi connectivity index (χ0n) is 11.2. The fourth-order valence-electron chi connectivity index (χ4n) is 2.20. The highest BCUT2D eigenvalue weighted by Crippen LogP contribution is 2.51. The Morgan fingerprint density at radius 3 is 2.52 bits per heavy atom. The summed E-state index contributed by atoms with van der Waals surface area (Å²) in [4.78, 5) is 22.6. The maximum Gasteiger partial charge on any atom is 0.416 e. The first-order valence-electron chi connectivity index (χ1n) is 6.37. The van der Waals surface area contributed by atoms with Crippen molar-refractivity contribution in [2.24, 2.45) is 11.7 Å². The molecule has 7 heteroatoms. The van der Waals surface area contributed by atoms with Crippen LogP contribution in [0.2, 0.25) is 0 Å². The molecule has 1 aliphatic carbocycles. The monoisotopic (exact) mass is 301 g/mol. The second-order valence-electron chi connectivity index (χ2n) is 5.02. The van der Waals surface area contributed by atoms with Gasteiger partial charge in [0, 0.05) is 0 Å². The lowest BCUT2D eigenvalue weighted by Gasteiger charge is -2.13. The number of amides is 1. The first kappa shape index (κ1) is 15.3. The molecule has 114 valence electrons. The second kappa shape index (κ2) is 5.38. The lowest BCUT2D eigenvalue weighted by molar-refractivity contribution is -0.155. The first-order chi connectivity index (χ1) is 9.71. The van der Waals surface area contributed by atoms with Crippen LogP contribution in [0.1, 0.15) is 30.4 Å². The number of hydrogen-bond acceptors (Lipinski definition) is 3. The van der Waals surface area contributed by atoms with Crippen LogP contribution in [0.25, 0.3) is 0 Å². The van der Waals surface area contributed by atoms with Crippen molar-refractivity contribution in [1.29, 1.82) is 0 Å². The Kier molecular flexibility index (Phi) is 3.93. The van der Waals surface area contributed by atoms with Crippen molar-refractivity contribution in [3.63, 3.8) is 0 Å². The van der Waals surface area contributed by atoms with Gasteiger partial charge in [0.1, 0.15) is 0 Å². The number of ether oxygens (including phenoxy) is 1. The fraction of sp³-hybridized carbons (Fsp3) is 0.429. The maximum atomic E-state index is 12.9. The second-order valence-corrected chi connectivity index (χ2v) is 5.02. The number of carbonyl (C=O) groups is 2. The zero-order valence-corrected chi connectivity index (χ0v) is 11.2. The van der Waals surface area contributed by atoms with E-state index >= 15 is 0 Å². The Morgan fingerprint density at radius 1 is 1.33 bits per heavy atom. The van der Waals surface area contributed by atoms with Crippen molar-refractivity contribution in [3.8, 4) is 0 Å². The van der Waals surface area contributed by atoms with Gasteiger partial charge in [-0.2, -0.15) is 13.2 Å². The van der Waals surface area contributed by atoms with Gasteiger partial charge in [0.05, 0.1) is 11.5 Å². The van der Waals surface area contributed by atoms with Gasteiger partial charge >= 0.3 is 12.1 Å². The molecule has 1 saturated carbocycles. The summed E-state index contributed by atoms with van der Waals surface area (Å²) in [5, 5.41) is 0. The average molecular weight is 301 g/mol. The van der Waals surface area contributed by atoms with E-state index in [9.17, 15) is 22.8 Å². The molecule has 0 heterocycles. The summed E-state index contributed by atoms with van der Waals surface area (Å²) >= 11 is 0. The van der Waals surface area contributed by atoms with Gasteiger partial charge in [0.2, 0.25) is 0 Å². The van der Waals surface area contributed by atoms with Crippen LogP contribution < -0.4 is 5.73 Å². The number of rotatable bonds is 4. The van der Waals surface area contributed by atoms with Crippen LogP contribution in [-0.2, 0) is 20.5 Å². The predicted octanol–water partition coefficient (Wildman–Crippen LogP) is 2.23. The number of halogens is 3. The molecule has 0 bridgehead atoms. The highest BCUT2D eigenvalue weighted by Gasteiger charge is 2.49. The summed E-state index contributed by atoms with van der Waals surface area (Å²) in [6.45, 7) is 1.32. The number of carbonyl (C=O) groups excluding carboxylic acids is 2. The normalized spacial score (nSPS) is 22.5. The largest absolute Gasteiger partial charge is 0.452 e. The fourth-order valence-corrected chi connectivity index (χ4v) is 2.20. The summed E-state index contributed by atoms with van der Waals surface area (Å²) in [5.41, 5.74) is 4.31. The molecule has 2 N–H and O–H groups in total. The Labute approximate surface area is 119 Å². The molecule has 1 aliphatic rings. The van der Waals surface area contributed by atoms with E-state index in [0.717, 1.165) is 6.07 Å². The number of benzene rings is 1. The first-order valence-corrected chi connectivity index (χ1v) is 6.37. The third-order valence-corrected chi connectivity index (χ3v) is 3.45. The van der Waals surface area contributed by atoms with Crippen LogP contribution in [-0.4, -0.2) is 18.0 Å². The third-order valence-electron chi connectivity index (χ3n) is 3.45. The molecule has 1 amide bonds. The smallest absolute Gasteiger partial charge is 0.416 e. The van der Waals surface area contributed by atoms with Crippen LogP contribution in [0.15, 0.2) is 24.3 Å². The van der Waals surface area contributed by atoms with Crippen LogP contribution in [0.4, 0.5) is 13.2 Å². The van der Waals surface area contributed by atoms with E-state index in [1.807, 2.05) is 0 Å². The molecular formula is C14H14F3NO3. The van der Waals surface area contributed by atoms with Crippen LogP contribution in [0.5, 0.6) is 0 Å². The Bertz CT molecular complexity index is 571. The lowest BCUT2D eigenvalue weighted by atomic mass is 10.0. The lowest BCUT2D eigenvalue weighted by Crippen LogP contribution is -2.31. The Hall–Kier alpha value is -2.05. The molecule has 21 heavy (non-hydrogen) atoms. The molecule has 3 atom stereocenters. The van der Waals surface area contributed by atoms with Crippen LogP contribution >= 0.6 is 0 Å². The van der Waals surface area contributed by atoms with Crippen molar-refractivity contribution >= 4 is 11.9 Å². The molecule has 4 nitrogen and oxygen atoms in total. The van der Waals surface area contributed by atoms with Gasteiger partial charge in [-0.1, -0.05) is 18.2 Å². The predicted molar refractivity (Wildman–Crippen MR) is 67.0 cm³/mol. The topological polar surface area (TPSA) is 69.4 Å². The van der Waals surface area contributed by atoms with Crippen molar-refractivity contribution in [1.82, 2.24) is 0 Å². The molecular weight excluding hydrogens is 287 g/mol. The van der Waals surface area contributed by atoms with Gasteiger partial charge in [0.25, 0.3) is 5.91 Å². The summed E-state index contributed by atoms with van der Waals surface area (Å²) in [7, 11) is 0. The van der Waals surface area contributed by atoms with Gasteiger partial charge in [0.15, 0.2) is 6.10 Å². The molecule has 0 radical (unpaired) electrons. The highest BCUT2D eigenvalue weighted by atomic mass is 19.4. The van der Waals surface area contributed by atoms with E-state index in [0.29, 0.717) is 0 Å². The molecule has 0 aromatic heterocycles. The van der Waals surface area contributed by atoms with E-state index in [2.05, 4.69) is 0 Å². The van der Waals surface area contributed by atoms with E-state index in [-0.39, 0.29) is 12.0 Å². The van der Waals surface area contributed by atoms with Gasteiger partial charge in [-0.05, 0) is 30.9 Å². The van der Waals surface area contributed by atoms with E-state index in [1.54, 1.807) is 0 Å². The minimum absolute atomic E-state index is 0.0821. The molecule has 1 aromatic carbocycles. The van der Waals surface area contributed by atoms with Gasteiger partial charge in [-0.3, -0.25) is 9.59 Å². The minimum atomic E-state index is -4.46. The third kappa shape index (κ3) is 3.34. The molecule has 1 aromatic rings. The van der Waals surface area contributed by atoms with Crippen LogP contribution in [0.3, 0.4) is 0 Å². The summed E-state index contributed by atoms with van der Waals surface area (Å²) < 4.78 is 43.5. The SMILES string of the molecule is C[C@H](OC(=O)[C@H]1C[C@@H]1c1ccccc1C(F)(F)F)C(N)=O. The molecule has 0 unspecified atom stereocenters. The summed E-state index contributed by atoms with van der Waals surface area (Å²) in [6.07, 6.45) is -5.28. The van der Waals surface area contributed by atoms with Crippen molar-refractivity contribution in [2.75, 3.05) is 0 Å².